The van der Waals surface area contributed by atoms with Gasteiger partial charge in [0.05, 0.1) is 19.8 Å². The molecule has 16 atom stereocenters. The zero-order valence-electron chi connectivity index (χ0n) is 25.3. The van der Waals surface area contributed by atoms with Gasteiger partial charge in [0.25, 0.3) is 5.79 Å². The number of carboxylic acids is 1. The highest BCUT2D eigenvalue weighted by Gasteiger charge is 2.60. The van der Waals surface area contributed by atoms with Crippen molar-refractivity contribution >= 4 is 12.1 Å². The number of amides is 1. The van der Waals surface area contributed by atoms with Crippen molar-refractivity contribution in [2.75, 3.05) is 26.4 Å². The quantitative estimate of drug-likeness (QED) is 0.0641. The Labute approximate surface area is 267 Å². The lowest BCUT2D eigenvalue weighted by atomic mass is 9.96. The summed E-state index contributed by atoms with van der Waals surface area (Å²) in [7, 11) is 0. The minimum Gasteiger partial charge on any atom is -0.477 e. The molecule has 4 saturated heterocycles. The van der Waals surface area contributed by atoms with Crippen molar-refractivity contribution in [1.82, 2.24) is 5.32 Å². The average molecular weight is 686 g/mol. The lowest BCUT2D eigenvalue weighted by Crippen LogP contribution is -2.66. The predicted octanol–water partition coefficient (Wildman–Crippen LogP) is -5.01. The molecule has 0 aliphatic carbocycles. The lowest BCUT2D eigenvalue weighted by Gasteiger charge is -2.47. The van der Waals surface area contributed by atoms with Crippen LogP contribution in [0.1, 0.15) is 19.8 Å². The van der Waals surface area contributed by atoms with Crippen molar-refractivity contribution in [1.29, 1.82) is 0 Å². The van der Waals surface area contributed by atoms with Crippen molar-refractivity contribution in [3.63, 3.8) is 0 Å². The second-order valence-electron chi connectivity index (χ2n) is 11.5. The first-order valence-electron chi connectivity index (χ1n) is 14.9. The minimum atomic E-state index is -2.22. The number of nitrogens with one attached hydrogen (secondary N) is 1. The molecule has 0 saturated carbocycles. The Kier molecular flexibility index (Phi) is 12.9. The first-order chi connectivity index (χ1) is 22.3. The molecular weight excluding hydrogens is 642 g/mol. The van der Waals surface area contributed by atoms with Crippen LogP contribution < -0.4 is 5.32 Å². The van der Waals surface area contributed by atoms with E-state index in [2.05, 4.69) is 11.9 Å². The van der Waals surface area contributed by atoms with Gasteiger partial charge in [-0.15, -0.1) is 6.58 Å². The first kappa shape index (κ1) is 37.7. The number of hydrogen-bond acceptors (Lipinski definition) is 18. The summed E-state index contributed by atoms with van der Waals surface area (Å²) in [5, 5.41) is 95.1. The monoisotopic (exact) mass is 685 g/mol. The Morgan fingerprint density at radius 1 is 0.809 bits per heavy atom. The highest BCUT2D eigenvalue weighted by atomic mass is 16.8. The molecule has 1 amide bonds. The standard InChI is InChI=1S/C27H43NO19/c1-3-4-5-6-40-26(39)28-7-10-19(18(36)21-24(41-10)47-27(2,46-21)25(37)38)44-23-17(35)15(33)20(12(9-30)43-23)45-22-16(34)14(32)13(31)11(8-29)42-22/h3,10-24,29-36H,1,4-9H2,2H3,(H,28,39)(H,37,38). The van der Waals surface area contributed by atoms with E-state index in [9.17, 15) is 55.5 Å². The summed E-state index contributed by atoms with van der Waals surface area (Å²) in [6, 6.07) is 0. The van der Waals surface area contributed by atoms with Gasteiger partial charge in [-0.05, 0) is 12.8 Å². The molecule has 47 heavy (non-hydrogen) atoms. The molecule has 4 fully saturated rings. The molecule has 16 unspecified atom stereocenters. The second-order valence-corrected chi connectivity index (χ2v) is 11.5. The van der Waals surface area contributed by atoms with Crippen LogP contribution in [0, 0.1) is 0 Å². The van der Waals surface area contributed by atoms with Crippen LogP contribution in [0.5, 0.6) is 0 Å². The van der Waals surface area contributed by atoms with Crippen LogP contribution in [-0.4, -0.2) is 182 Å². The van der Waals surface area contributed by atoms with Crippen LogP contribution >= 0.6 is 0 Å². The number of hydrogen-bond donors (Lipinski definition) is 10. The fourth-order valence-corrected chi connectivity index (χ4v) is 5.51. The van der Waals surface area contributed by atoms with Gasteiger partial charge in [0.1, 0.15) is 73.2 Å². The van der Waals surface area contributed by atoms with Crippen LogP contribution in [0.25, 0.3) is 0 Å². The van der Waals surface area contributed by atoms with E-state index in [-0.39, 0.29) is 6.61 Å². The van der Waals surface area contributed by atoms with Gasteiger partial charge in [0.15, 0.2) is 18.9 Å². The normalized spacial score (nSPS) is 45.2. The van der Waals surface area contributed by atoms with Crippen molar-refractivity contribution in [2.45, 2.75) is 118 Å². The molecule has 0 spiro atoms. The zero-order chi connectivity index (χ0) is 34.6. The molecule has 0 aromatic rings. The van der Waals surface area contributed by atoms with Gasteiger partial charge < -0.3 is 89.2 Å². The van der Waals surface area contributed by atoms with E-state index >= 15 is 0 Å². The molecule has 4 heterocycles. The number of aliphatic hydroxyl groups is 8. The molecule has 0 aromatic heterocycles. The number of carboxylic acid groups (broad SMARTS) is 1. The SMILES string of the molecule is C=CCCCOC(=O)NCC1OC2OC(C)(C(=O)O)OC2C(O)C1OC1OC(CO)C(OC2OC(CO)C(O)C(O)C2O)C(O)C1O. The number of alkyl carbamates (subject to hydrolysis) is 1. The van der Waals surface area contributed by atoms with Crippen LogP contribution in [0.3, 0.4) is 0 Å². The lowest BCUT2D eigenvalue weighted by molar-refractivity contribution is -0.373. The fourth-order valence-electron chi connectivity index (χ4n) is 5.51. The van der Waals surface area contributed by atoms with Crippen molar-refractivity contribution in [3.05, 3.63) is 12.7 Å². The Morgan fingerprint density at radius 3 is 2.00 bits per heavy atom. The number of fused-ring (bicyclic) bond motifs is 1. The smallest absolute Gasteiger partial charge is 0.407 e. The average Bonchev–Trinajstić information content (AvgIpc) is 3.40. The van der Waals surface area contributed by atoms with E-state index in [1.807, 2.05) is 0 Å². The van der Waals surface area contributed by atoms with Crippen LogP contribution in [0.15, 0.2) is 12.7 Å². The number of aliphatic hydroxyl groups excluding tert-OH is 8. The first-order valence-corrected chi connectivity index (χ1v) is 14.9. The van der Waals surface area contributed by atoms with Gasteiger partial charge in [-0.1, -0.05) is 6.08 Å². The highest BCUT2D eigenvalue weighted by Crippen LogP contribution is 2.39. The molecule has 270 valence electrons. The molecule has 0 bridgehead atoms. The molecule has 4 aliphatic rings. The third-order valence-electron chi connectivity index (χ3n) is 8.19. The Hall–Kier alpha value is -2.12. The molecular formula is C27H43NO19. The van der Waals surface area contributed by atoms with Crippen molar-refractivity contribution < 1.29 is 93.4 Å². The fraction of sp³-hybridized carbons (Fsp3) is 0.852. The minimum absolute atomic E-state index is 0.0689. The number of rotatable bonds is 13. The molecule has 20 heteroatoms. The highest BCUT2D eigenvalue weighted by molar-refractivity contribution is 5.75. The summed E-state index contributed by atoms with van der Waals surface area (Å²) in [4.78, 5) is 24.0. The maximum absolute atomic E-state index is 12.3. The van der Waals surface area contributed by atoms with E-state index in [1.54, 1.807) is 6.08 Å². The number of carbonyl (C=O) groups excluding carboxylic acids is 1. The second kappa shape index (κ2) is 16.1. The molecule has 4 aliphatic heterocycles. The van der Waals surface area contributed by atoms with Crippen LogP contribution in [-0.2, 0) is 42.7 Å². The van der Waals surface area contributed by atoms with Gasteiger partial charge in [-0.25, -0.2) is 9.59 Å². The Morgan fingerprint density at radius 2 is 1.40 bits per heavy atom. The van der Waals surface area contributed by atoms with Gasteiger partial charge in [0.2, 0.25) is 0 Å². The molecule has 0 aromatic carbocycles. The number of unbranched alkanes of at least 4 members (excludes halogenated alkanes) is 1. The van der Waals surface area contributed by atoms with E-state index in [0.717, 1.165) is 6.92 Å². The summed E-state index contributed by atoms with van der Waals surface area (Å²) >= 11 is 0. The van der Waals surface area contributed by atoms with Gasteiger partial charge in [-0.2, -0.15) is 0 Å². The summed E-state index contributed by atoms with van der Waals surface area (Å²) in [5.74, 6) is -3.75. The summed E-state index contributed by atoms with van der Waals surface area (Å²) in [6.45, 7) is 2.70. The molecule has 0 radical (unpaired) electrons. The predicted molar refractivity (Wildman–Crippen MR) is 147 cm³/mol. The third-order valence-corrected chi connectivity index (χ3v) is 8.19. The van der Waals surface area contributed by atoms with Crippen LogP contribution in [0.2, 0.25) is 0 Å². The van der Waals surface area contributed by atoms with Crippen molar-refractivity contribution in [3.8, 4) is 0 Å². The number of ether oxygens (including phenoxy) is 8. The van der Waals surface area contributed by atoms with E-state index < -0.39 is 130 Å². The largest absolute Gasteiger partial charge is 0.477 e. The summed E-state index contributed by atoms with van der Waals surface area (Å²) in [5.41, 5.74) is 0. The maximum atomic E-state index is 12.3. The van der Waals surface area contributed by atoms with Crippen molar-refractivity contribution in [2.24, 2.45) is 0 Å². The number of carbonyl (C=O) groups is 2. The summed E-state index contributed by atoms with van der Waals surface area (Å²) in [6.07, 6.45) is -22.9. The number of aliphatic carboxylic acids is 1. The van der Waals surface area contributed by atoms with E-state index in [0.29, 0.717) is 12.8 Å². The molecule has 10 N–H and O–H groups in total. The van der Waals surface area contributed by atoms with E-state index in [4.69, 9.17) is 37.9 Å². The topological polar surface area (TPSA) is 302 Å². The van der Waals surface area contributed by atoms with Crippen LogP contribution in [0.4, 0.5) is 4.79 Å². The molecule has 4 rings (SSSR count). The van der Waals surface area contributed by atoms with Gasteiger partial charge >= 0.3 is 12.1 Å². The zero-order valence-corrected chi connectivity index (χ0v) is 25.3. The Bertz CT molecular complexity index is 1070. The number of allylic oxidation sites excluding steroid dienone is 1. The molecule has 20 nitrogen and oxygen atoms in total. The van der Waals surface area contributed by atoms with E-state index in [1.165, 1.54) is 0 Å². The summed E-state index contributed by atoms with van der Waals surface area (Å²) < 4.78 is 44.0. The Balaban J connectivity index is 1.48. The maximum Gasteiger partial charge on any atom is 0.407 e. The van der Waals surface area contributed by atoms with Gasteiger partial charge in [0, 0.05) is 13.5 Å². The third kappa shape index (κ3) is 8.20. The van der Waals surface area contributed by atoms with Gasteiger partial charge in [-0.3, -0.25) is 0 Å².